The van der Waals surface area contributed by atoms with Crippen molar-refractivity contribution in [2.75, 3.05) is 11.9 Å². The largest absolute Gasteiger partial charge is 0.489 e. The van der Waals surface area contributed by atoms with E-state index in [2.05, 4.69) is 10.3 Å². The number of aryl methyl sites for hydroxylation is 1. The van der Waals surface area contributed by atoms with Crippen LogP contribution in [0, 0.1) is 18.3 Å². The van der Waals surface area contributed by atoms with Crippen molar-refractivity contribution in [1.82, 2.24) is 4.98 Å². The molecule has 7 heteroatoms. The molecule has 35 heavy (non-hydrogen) atoms. The summed E-state index contributed by atoms with van der Waals surface area (Å²) in [7, 11) is 0. The minimum absolute atomic E-state index is 0.138. The molecule has 0 unspecified atom stereocenters. The molecule has 174 valence electrons. The summed E-state index contributed by atoms with van der Waals surface area (Å²) in [6, 6.07) is 27.6. The summed E-state index contributed by atoms with van der Waals surface area (Å²) in [5.74, 6) is 1.74. The van der Waals surface area contributed by atoms with Gasteiger partial charge in [0.2, 0.25) is 5.88 Å². The third-order valence-electron chi connectivity index (χ3n) is 5.02. The van der Waals surface area contributed by atoms with Gasteiger partial charge >= 0.3 is 0 Å². The lowest BCUT2D eigenvalue weighted by atomic mass is 10.2. The molecule has 0 aliphatic heterocycles. The summed E-state index contributed by atoms with van der Waals surface area (Å²) < 4.78 is 17.1. The Morgan fingerprint density at radius 3 is 2.34 bits per heavy atom. The Morgan fingerprint density at radius 1 is 0.914 bits per heavy atom. The zero-order valence-corrected chi connectivity index (χ0v) is 19.1. The lowest BCUT2D eigenvalue weighted by molar-refractivity contribution is -0.118. The molecule has 0 saturated heterocycles. The summed E-state index contributed by atoms with van der Waals surface area (Å²) in [6.07, 6.45) is 1.56. The number of carbonyl (C=O) groups excluding carboxylic acids is 1. The number of nitrogens with one attached hydrogen (secondary N) is 1. The zero-order chi connectivity index (χ0) is 24.5. The minimum Gasteiger partial charge on any atom is -0.489 e. The van der Waals surface area contributed by atoms with Gasteiger partial charge in [-0.3, -0.25) is 4.79 Å². The van der Waals surface area contributed by atoms with Crippen LogP contribution < -0.4 is 19.5 Å². The van der Waals surface area contributed by atoms with E-state index in [1.165, 1.54) is 0 Å². The molecular weight excluding hydrogens is 442 g/mol. The van der Waals surface area contributed by atoms with Gasteiger partial charge in [-0.05, 0) is 72.6 Å². The average Bonchev–Trinajstić information content (AvgIpc) is 2.89. The van der Waals surface area contributed by atoms with Crippen LogP contribution >= 0.6 is 0 Å². The van der Waals surface area contributed by atoms with Crippen molar-refractivity contribution >= 4 is 11.6 Å². The number of hydrogen-bond acceptors (Lipinski definition) is 6. The van der Waals surface area contributed by atoms with Crippen LogP contribution in [0.2, 0.25) is 0 Å². The Kier molecular flexibility index (Phi) is 7.56. The van der Waals surface area contributed by atoms with Gasteiger partial charge in [0.25, 0.3) is 5.91 Å². The Morgan fingerprint density at radius 2 is 1.63 bits per heavy atom. The third-order valence-corrected chi connectivity index (χ3v) is 5.02. The Balaban J connectivity index is 1.27. The van der Waals surface area contributed by atoms with E-state index in [-0.39, 0.29) is 18.4 Å². The quantitative estimate of drug-likeness (QED) is 0.343. The molecule has 0 bridgehead atoms. The predicted molar refractivity (Wildman–Crippen MR) is 132 cm³/mol. The molecule has 1 heterocycles. The number of pyridine rings is 1. The Labute approximate surface area is 203 Å². The molecule has 0 aliphatic carbocycles. The van der Waals surface area contributed by atoms with Crippen LogP contribution in [0.5, 0.6) is 23.1 Å². The van der Waals surface area contributed by atoms with Gasteiger partial charge in [-0.15, -0.1) is 0 Å². The van der Waals surface area contributed by atoms with Crippen LogP contribution in [0.15, 0.2) is 91.1 Å². The van der Waals surface area contributed by atoms with Gasteiger partial charge in [0.1, 0.15) is 35.5 Å². The molecule has 0 atom stereocenters. The highest BCUT2D eigenvalue weighted by molar-refractivity contribution is 5.92. The number of rotatable bonds is 9. The van der Waals surface area contributed by atoms with Crippen LogP contribution in [0.4, 0.5) is 5.69 Å². The molecule has 0 fully saturated rings. The first-order chi connectivity index (χ1) is 17.1. The van der Waals surface area contributed by atoms with Gasteiger partial charge in [-0.2, -0.15) is 5.26 Å². The molecule has 1 amide bonds. The summed E-state index contributed by atoms with van der Waals surface area (Å²) in [6.45, 7) is 2.19. The SMILES string of the molecule is Cc1cc(Oc2ncccc2C#N)ccc1NC(=O)COc1ccc(OCc2ccccc2)cc1. The highest BCUT2D eigenvalue weighted by atomic mass is 16.5. The molecule has 3 aromatic carbocycles. The van der Waals surface area contributed by atoms with Crippen LogP contribution in [0.1, 0.15) is 16.7 Å². The highest BCUT2D eigenvalue weighted by Crippen LogP contribution is 2.27. The monoisotopic (exact) mass is 465 g/mol. The van der Waals surface area contributed by atoms with Gasteiger partial charge in [0.05, 0.1) is 0 Å². The average molecular weight is 466 g/mol. The molecular formula is C28H23N3O4. The molecule has 1 aromatic heterocycles. The number of aromatic nitrogens is 1. The van der Waals surface area contributed by atoms with Crippen molar-refractivity contribution in [3.63, 3.8) is 0 Å². The van der Waals surface area contributed by atoms with E-state index in [9.17, 15) is 10.1 Å². The van der Waals surface area contributed by atoms with Crippen molar-refractivity contribution in [3.8, 4) is 29.2 Å². The van der Waals surface area contributed by atoms with E-state index in [1.807, 2.05) is 43.3 Å². The van der Waals surface area contributed by atoms with E-state index in [0.29, 0.717) is 29.4 Å². The fraction of sp³-hybridized carbons (Fsp3) is 0.107. The number of amides is 1. The fourth-order valence-electron chi connectivity index (χ4n) is 3.22. The van der Waals surface area contributed by atoms with Crippen molar-refractivity contribution in [2.45, 2.75) is 13.5 Å². The maximum atomic E-state index is 12.4. The second-order valence-corrected chi connectivity index (χ2v) is 7.63. The summed E-state index contributed by atoms with van der Waals surface area (Å²) in [5.41, 5.74) is 2.86. The molecule has 0 radical (unpaired) electrons. The van der Waals surface area contributed by atoms with Gasteiger partial charge in [-0.25, -0.2) is 4.98 Å². The minimum atomic E-state index is -0.289. The topological polar surface area (TPSA) is 93.5 Å². The van der Waals surface area contributed by atoms with Crippen molar-refractivity contribution in [1.29, 1.82) is 5.26 Å². The van der Waals surface area contributed by atoms with Gasteiger partial charge in [-0.1, -0.05) is 30.3 Å². The van der Waals surface area contributed by atoms with Crippen LogP contribution in [-0.4, -0.2) is 17.5 Å². The third kappa shape index (κ3) is 6.59. The molecule has 0 spiro atoms. The molecule has 1 N–H and O–H groups in total. The van der Waals surface area contributed by atoms with E-state index >= 15 is 0 Å². The first-order valence-corrected chi connectivity index (χ1v) is 10.9. The maximum Gasteiger partial charge on any atom is 0.262 e. The first kappa shape index (κ1) is 23.3. The van der Waals surface area contributed by atoms with Gasteiger partial charge < -0.3 is 19.5 Å². The first-order valence-electron chi connectivity index (χ1n) is 10.9. The molecule has 4 aromatic rings. The number of benzene rings is 3. The zero-order valence-electron chi connectivity index (χ0n) is 19.1. The van der Waals surface area contributed by atoms with Crippen LogP contribution in [0.25, 0.3) is 0 Å². The summed E-state index contributed by atoms with van der Waals surface area (Å²) >= 11 is 0. The lowest BCUT2D eigenvalue weighted by Crippen LogP contribution is -2.20. The Hall–Kier alpha value is -4.83. The van der Waals surface area contributed by atoms with Crippen LogP contribution in [-0.2, 0) is 11.4 Å². The summed E-state index contributed by atoms with van der Waals surface area (Å²) in [5, 5.41) is 12.0. The second kappa shape index (κ2) is 11.3. The standard InChI is InChI=1S/C28H23N3O4/c1-20-16-25(35-28-22(17-29)8-5-15-30-28)13-14-26(20)31-27(32)19-34-24-11-9-23(10-12-24)33-18-21-6-3-2-4-7-21/h2-16H,18-19H2,1H3,(H,31,32). The van der Waals surface area contributed by atoms with E-state index < -0.39 is 0 Å². The highest BCUT2D eigenvalue weighted by Gasteiger charge is 2.10. The van der Waals surface area contributed by atoms with E-state index in [0.717, 1.165) is 16.9 Å². The number of carbonyl (C=O) groups is 1. The number of nitrogens with zero attached hydrogens (tertiary/aromatic N) is 2. The summed E-state index contributed by atoms with van der Waals surface area (Å²) in [4.78, 5) is 16.5. The van der Waals surface area contributed by atoms with Crippen molar-refractivity contribution in [2.24, 2.45) is 0 Å². The second-order valence-electron chi connectivity index (χ2n) is 7.63. The number of hydrogen-bond donors (Lipinski definition) is 1. The number of ether oxygens (including phenoxy) is 3. The van der Waals surface area contributed by atoms with E-state index in [1.54, 1.807) is 60.8 Å². The molecule has 0 aliphatic rings. The maximum absolute atomic E-state index is 12.4. The van der Waals surface area contributed by atoms with Crippen molar-refractivity contribution in [3.05, 3.63) is 108 Å². The number of anilines is 1. The Bertz CT molecular complexity index is 1330. The van der Waals surface area contributed by atoms with Crippen LogP contribution in [0.3, 0.4) is 0 Å². The predicted octanol–water partition coefficient (Wildman–Crippen LogP) is 5.65. The fourth-order valence-corrected chi connectivity index (χ4v) is 3.22. The van der Waals surface area contributed by atoms with Gasteiger partial charge in [0.15, 0.2) is 6.61 Å². The van der Waals surface area contributed by atoms with E-state index in [4.69, 9.17) is 14.2 Å². The van der Waals surface area contributed by atoms with Crippen molar-refractivity contribution < 1.29 is 19.0 Å². The molecule has 7 nitrogen and oxygen atoms in total. The smallest absolute Gasteiger partial charge is 0.262 e. The molecule has 0 saturated carbocycles. The molecule has 4 rings (SSSR count). The number of nitriles is 1. The van der Waals surface area contributed by atoms with Gasteiger partial charge in [0, 0.05) is 11.9 Å². The lowest BCUT2D eigenvalue weighted by Gasteiger charge is -2.12. The normalized spacial score (nSPS) is 10.2.